The Kier molecular flexibility index (Phi) is 2.58. The van der Waals surface area contributed by atoms with Crippen LogP contribution < -0.4 is 10.5 Å². The Hall–Kier alpha value is -1.23. The summed E-state index contributed by atoms with van der Waals surface area (Å²) in [7, 11) is 1.53. The normalized spacial score (nSPS) is 21.2. The van der Waals surface area contributed by atoms with Gasteiger partial charge in [-0.3, -0.25) is 4.98 Å². The van der Waals surface area contributed by atoms with Crippen LogP contribution in [-0.2, 0) is 5.41 Å². The highest BCUT2D eigenvalue weighted by Crippen LogP contribution is 2.52. The first kappa shape index (κ1) is 11.3. The van der Waals surface area contributed by atoms with Crippen LogP contribution in [0.2, 0.25) is 0 Å². The highest BCUT2D eigenvalue weighted by atomic mass is 19.3. The molecule has 0 spiro atoms. The van der Waals surface area contributed by atoms with Crippen molar-refractivity contribution >= 4 is 0 Å². The second kappa shape index (κ2) is 3.66. The first-order chi connectivity index (χ1) is 7.51. The van der Waals surface area contributed by atoms with Crippen molar-refractivity contribution < 1.29 is 13.5 Å². The molecule has 1 aromatic heterocycles. The highest BCUT2D eigenvalue weighted by Gasteiger charge is 2.57. The minimum Gasteiger partial charge on any atom is -0.495 e. The molecule has 16 heavy (non-hydrogen) atoms. The Bertz CT molecular complexity index is 370. The van der Waals surface area contributed by atoms with E-state index in [1.807, 2.05) is 0 Å². The Morgan fingerprint density at radius 1 is 1.44 bits per heavy atom. The van der Waals surface area contributed by atoms with Gasteiger partial charge in [0.2, 0.25) is 5.92 Å². The largest absolute Gasteiger partial charge is 0.495 e. The highest BCUT2D eigenvalue weighted by molar-refractivity contribution is 5.29. The zero-order valence-corrected chi connectivity index (χ0v) is 9.04. The number of nitrogens with zero attached hydrogens (tertiary/aromatic N) is 1. The molecule has 0 aliphatic heterocycles. The van der Waals surface area contributed by atoms with Gasteiger partial charge in [0.1, 0.15) is 5.75 Å². The number of pyridine rings is 1. The van der Waals surface area contributed by atoms with Crippen LogP contribution in [0.1, 0.15) is 18.5 Å². The number of halogens is 2. The van der Waals surface area contributed by atoms with Gasteiger partial charge in [-0.05, 0) is 12.1 Å². The fraction of sp³-hybridized carbons (Fsp3) is 0.545. The van der Waals surface area contributed by atoms with Crippen molar-refractivity contribution in [3.63, 3.8) is 0 Å². The van der Waals surface area contributed by atoms with Gasteiger partial charge >= 0.3 is 0 Å². The van der Waals surface area contributed by atoms with Gasteiger partial charge in [-0.25, -0.2) is 8.78 Å². The van der Waals surface area contributed by atoms with E-state index < -0.39 is 11.3 Å². The van der Waals surface area contributed by atoms with Crippen molar-refractivity contribution in [1.29, 1.82) is 0 Å². The molecule has 0 saturated heterocycles. The van der Waals surface area contributed by atoms with Crippen LogP contribution in [0.15, 0.2) is 18.3 Å². The van der Waals surface area contributed by atoms with E-state index in [1.165, 1.54) is 13.3 Å². The monoisotopic (exact) mass is 228 g/mol. The number of hydrogen-bond donors (Lipinski definition) is 1. The number of nitrogens with two attached hydrogens (primary N) is 1. The van der Waals surface area contributed by atoms with E-state index in [2.05, 4.69) is 4.98 Å². The summed E-state index contributed by atoms with van der Waals surface area (Å²) >= 11 is 0. The SMILES string of the molecule is COc1ccc(C2(CN)CC(F)(F)C2)nc1. The number of ether oxygens (including phenoxy) is 1. The van der Waals surface area contributed by atoms with Gasteiger partial charge in [-0.15, -0.1) is 0 Å². The summed E-state index contributed by atoms with van der Waals surface area (Å²) in [5.74, 6) is -1.98. The molecule has 3 nitrogen and oxygen atoms in total. The number of methoxy groups -OCH3 is 1. The summed E-state index contributed by atoms with van der Waals surface area (Å²) in [6.45, 7) is 0.196. The lowest BCUT2D eigenvalue weighted by Crippen LogP contribution is -2.54. The molecular formula is C11H14F2N2O. The van der Waals surface area contributed by atoms with Crippen LogP contribution in [0.4, 0.5) is 8.78 Å². The van der Waals surface area contributed by atoms with Crippen molar-refractivity contribution in [1.82, 2.24) is 4.98 Å². The van der Waals surface area contributed by atoms with Crippen molar-refractivity contribution in [2.45, 2.75) is 24.2 Å². The second-order valence-corrected chi connectivity index (χ2v) is 4.28. The third kappa shape index (κ3) is 1.75. The van der Waals surface area contributed by atoms with E-state index in [0.717, 1.165) is 0 Å². The molecule has 1 aliphatic rings. The smallest absolute Gasteiger partial charge is 0.250 e. The maximum absolute atomic E-state index is 12.9. The molecule has 1 fully saturated rings. The van der Waals surface area contributed by atoms with Crippen LogP contribution >= 0.6 is 0 Å². The van der Waals surface area contributed by atoms with E-state index in [-0.39, 0.29) is 19.4 Å². The lowest BCUT2D eigenvalue weighted by atomic mass is 9.64. The molecule has 88 valence electrons. The average molecular weight is 228 g/mol. The van der Waals surface area contributed by atoms with Gasteiger partial charge in [-0.2, -0.15) is 0 Å². The van der Waals surface area contributed by atoms with E-state index >= 15 is 0 Å². The maximum Gasteiger partial charge on any atom is 0.250 e. The molecule has 0 atom stereocenters. The predicted molar refractivity (Wildman–Crippen MR) is 55.7 cm³/mol. The van der Waals surface area contributed by atoms with Crippen molar-refractivity contribution in [3.8, 4) is 5.75 Å². The molecule has 0 unspecified atom stereocenters. The molecule has 1 aliphatic carbocycles. The van der Waals surface area contributed by atoms with E-state index in [4.69, 9.17) is 10.5 Å². The standard InChI is InChI=1S/C11H14F2N2O/c1-16-8-2-3-9(15-4-8)10(7-14)5-11(12,13)6-10/h2-4H,5-7,14H2,1H3. The van der Waals surface area contributed by atoms with Crippen molar-refractivity contribution in [3.05, 3.63) is 24.0 Å². The topological polar surface area (TPSA) is 48.1 Å². The first-order valence-corrected chi connectivity index (χ1v) is 5.10. The quantitative estimate of drug-likeness (QED) is 0.856. The molecule has 1 saturated carbocycles. The molecule has 0 aromatic carbocycles. The van der Waals surface area contributed by atoms with Gasteiger partial charge in [-0.1, -0.05) is 0 Å². The van der Waals surface area contributed by atoms with Crippen LogP contribution in [0.25, 0.3) is 0 Å². The van der Waals surface area contributed by atoms with Crippen LogP contribution in [-0.4, -0.2) is 24.6 Å². The van der Waals surface area contributed by atoms with Gasteiger partial charge in [0, 0.05) is 30.5 Å². The Morgan fingerprint density at radius 3 is 2.50 bits per heavy atom. The van der Waals surface area contributed by atoms with E-state index in [0.29, 0.717) is 11.4 Å². The van der Waals surface area contributed by atoms with E-state index in [1.54, 1.807) is 12.1 Å². The second-order valence-electron chi connectivity index (χ2n) is 4.28. The molecule has 1 aromatic rings. The summed E-state index contributed by atoms with van der Waals surface area (Å²) in [5, 5.41) is 0. The summed E-state index contributed by atoms with van der Waals surface area (Å²) in [4.78, 5) is 4.14. The zero-order chi connectivity index (χ0) is 11.8. The van der Waals surface area contributed by atoms with Crippen LogP contribution in [0.5, 0.6) is 5.75 Å². The third-order valence-electron chi connectivity index (χ3n) is 3.10. The lowest BCUT2D eigenvalue weighted by molar-refractivity contribution is -0.125. The van der Waals surface area contributed by atoms with Gasteiger partial charge < -0.3 is 10.5 Å². The van der Waals surface area contributed by atoms with Crippen molar-refractivity contribution in [2.24, 2.45) is 5.73 Å². The maximum atomic E-state index is 12.9. The van der Waals surface area contributed by atoms with Crippen LogP contribution in [0, 0.1) is 0 Å². The molecule has 0 amide bonds. The van der Waals surface area contributed by atoms with Gasteiger partial charge in [0.25, 0.3) is 0 Å². The number of aromatic nitrogens is 1. The minimum atomic E-state index is -2.60. The molecular weight excluding hydrogens is 214 g/mol. The minimum absolute atomic E-state index is 0.196. The van der Waals surface area contributed by atoms with Gasteiger partial charge in [0.15, 0.2) is 0 Å². The molecule has 0 bridgehead atoms. The lowest BCUT2D eigenvalue weighted by Gasteiger charge is -2.46. The summed E-state index contributed by atoms with van der Waals surface area (Å²) < 4.78 is 30.9. The molecule has 2 N–H and O–H groups in total. The van der Waals surface area contributed by atoms with Crippen LogP contribution in [0.3, 0.4) is 0 Å². The predicted octanol–water partition coefficient (Wildman–Crippen LogP) is 1.72. The fourth-order valence-corrected chi connectivity index (χ4v) is 2.18. The zero-order valence-electron chi connectivity index (χ0n) is 9.04. The number of rotatable bonds is 3. The van der Waals surface area contributed by atoms with Crippen molar-refractivity contribution in [2.75, 3.05) is 13.7 Å². The number of hydrogen-bond acceptors (Lipinski definition) is 3. The Labute approximate surface area is 92.6 Å². The summed E-state index contributed by atoms with van der Waals surface area (Å²) in [6.07, 6.45) is 1.11. The average Bonchev–Trinajstić information content (AvgIpc) is 2.25. The molecule has 0 radical (unpaired) electrons. The molecule has 2 rings (SSSR count). The van der Waals surface area contributed by atoms with E-state index in [9.17, 15) is 8.78 Å². The first-order valence-electron chi connectivity index (χ1n) is 5.10. The molecule has 5 heteroatoms. The number of alkyl halides is 2. The summed E-state index contributed by atoms with van der Waals surface area (Å²) in [5.41, 5.74) is 5.56. The Morgan fingerprint density at radius 2 is 2.12 bits per heavy atom. The Balaban J connectivity index is 2.22. The third-order valence-corrected chi connectivity index (χ3v) is 3.10. The fourth-order valence-electron chi connectivity index (χ4n) is 2.18. The molecule has 1 heterocycles. The van der Waals surface area contributed by atoms with Gasteiger partial charge in [0.05, 0.1) is 13.3 Å². The summed E-state index contributed by atoms with van der Waals surface area (Å²) in [6, 6.07) is 3.43.